The molecule has 1 aliphatic carbocycles. The second-order valence-corrected chi connectivity index (χ2v) is 7.35. The molecule has 132 valence electrons. The molecule has 0 radical (unpaired) electrons. The molecule has 3 nitrogen and oxygen atoms in total. The molecule has 3 aromatic rings. The Morgan fingerprint density at radius 3 is 1.96 bits per heavy atom. The molecule has 0 bridgehead atoms. The van der Waals surface area contributed by atoms with E-state index in [-0.39, 0.29) is 17.8 Å². The fourth-order valence-electron chi connectivity index (χ4n) is 4.10. The van der Waals surface area contributed by atoms with Crippen LogP contribution in [-0.4, -0.2) is 17.4 Å². The third-order valence-electron chi connectivity index (χ3n) is 5.38. The van der Waals surface area contributed by atoms with Gasteiger partial charge in [0.1, 0.15) is 0 Å². The fraction of sp³-hybridized carbons (Fsp3) is 0.130. The van der Waals surface area contributed by atoms with Gasteiger partial charge in [-0.05, 0) is 35.4 Å². The van der Waals surface area contributed by atoms with Crippen LogP contribution in [0.1, 0.15) is 28.5 Å². The fourth-order valence-corrected chi connectivity index (χ4v) is 4.23. The molecular weight excluding hydrogens is 358 g/mol. The Kier molecular flexibility index (Phi) is 3.66. The molecule has 0 amide bonds. The van der Waals surface area contributed by atoms with Crippen molar-refractivity contribution in [1.29, 1.82) is 0 Å². The monoisotopic (exact) mass is 373 g/mol. The minimum atomic E-state index is -0.902. The molecule has 1 fully saturated rings. The Hall–Kier alpha value is -2.91. The summed E-state index contributed by atoms with van der Waals surface area (Å²) in [6, 6.07) is 27.3. The standard InChI is InChI=1S/C23H16ClNO2/c24-18-13-11-16(12-14-18)20-19(15-7-3-1-4-8-15)23(20)22(26)27-21(25-23)17-9-5-2-6-10-17/h1-14,19-20H/t19-,20-,23+/m1/s1. The summed E-state index contributed by atoms with van der Waals surface area (Å²) in [5.41, 5.74) is 2.05. The first-order chi connectivity index (χ1) is 13.2. The maximum atomic E-state index is 13.0. The van der Waals surface area contributed by atoms with Gasteiger partial charge in [-0.1, -0.05) is 72.3 Å². The van der Waals surface area contributed by atoms with Crippen molar-refractivity contribution in [2.45, 2.75) is 17.4 Å². The van der Waals surface area contributed by atoms with E-state index in [9.17, 15) is 4.79 Å². The zero-order chi connectivity index (χ0) is 18.4. The Labute approximate surface area is 162 Å². The number of rotatable bonds is 3. The van der Waals surface area contributed by atoms with Crippen LogP contribution in [0.3, 0.4) is 0 Å². The molecule has 0 saturated heterocycles. The topological polar surface area (TPSA) is 38.7 Å². The molecule has 27 heavy (non-hydrogen) atoms. The Bertz CT molecular complexity index is 1030. The molecule has 1 saturated carbocycles. The van der Waals surface area contributed by atoms with Gasteiger partial charge in [0.05, 0.1) is 0 Å². The Balaban J connectivity index is 1.62. The Morgan fingerprint density at radius 1 is 0.778 bits per heavy atom. The molecule has 1 spiro atoms. The van der Waals surface area contributed by atoms with E-state index in [2.05, 4.69) is 0 Å². The van der Waals surface area contributed by atoms with Crippen LogP contribution in [0.5, 0.6) is 0 Å². The zero-order valence-electron chi connectivity index (χ0n) is 14.4. The summed E-state index contributed by atoms with van der Waals surface area (Å²) < 4.78 is 5.64. The van der Waals surface area contributed by atoms with Crippen LogP contribution in [0, 0.1) is 0 Å². The van der Waals surface area contributed by atoms with Gasteiger partial charge in [-0.15, -0.1) is 0 Å². The van der Waals surface area contributed by atoms with E-state index in [1.54, 1.807) is 0 Å². The van der Waals surface area contributed by atoms with E-state index >= 15 is 0 Å². The van der Waals surface area contributed by atoms with E-state index in [0.717, 1.165) is 16.7 Å². The largest absolute Gasteiger partial charge is 0.405 e. The quantitative estimate of drug-likeness (QED) is 0.608. The zero-order valence-corrected chi connectivity index (χ0v) is 15.1. The number of halogens is 1. The van der Waals surface area contributed by atoms with Crippen LogP contribution in [-0.2, 0) is 9.53 Å². The van der Waals surface area contributed by atoms with Crippen molar-refractivity contribution >= 4 is 23.5 Å². The molecule has 0 aromatic heterocycles. The predicted molar refractivity (Wildman–Crippen MR) is 105 cm³/mol. The summed E-state index contributed by atoms with van der Waals surface area (Å²) in [7, 11) is 0. The highest BCUT2D eigenvalue weighted by atomic mass is 35.5. The van der Waals surface area contributed by atoms with E-state index < -0.39 is 5.54 Å². The number of hydrogen-bond acceptors (Lipinski definition) is 3. The summed E-state index contributed by atoms with van der Waals surface area (Å²) in [5.74, 6) is 0.00705. The van der Waals surface area contributed by atoms with Crippen molar-refractivity contribution in [2.75, 3.05) is 0 Å². The second kappa shape index (κ2) is 6.07. The minimum Gasteiger partial charge on any atom is -0.405 e. The van der Waals surface area contributed by atoms with Crippen molar-refractivity contribution in [3.8, 4) is 0 Å². The number of ether oxygens (including phenoxy) is 1. The summed E-state index contributed by atoms with van der Waals surface area (Å²) in [4.78, 5) is 17.8. The van der Waals surface area contributed by atoms with E-state index in [0.29, 0.717) is 10.9 Å². The van der Waals surface area contributed by atoms with Gasteiger partial charge >= 0.3 is 5.97 Å². The van der Waals surface area contributed by atoms with Gasteiger partial charge in [0.2, 0.25) is 5.90 Å². The number of aliphatic imine (C=N–C) groups is 1. The lowest BCUT2D eigenvalue weighted by Gasteiger charge is -2.02. The molecule has 4 heteroatoms. The van der Waals surface area contributed by atoms with Crippen LogP contribution in [0.2, 0.25) is 5.02 Å². The van der Waals surface area contributed by atoms with E-state index in [4.69, 9.17) is 21.3 Å². The molecule has 1 aliphatic heterocycles. The summed E-state index contributed by atoms with van der Waals surface area (Å²) in [5, 5.41) is 0.673. The number of hydrogen-bond donors (Lipinski definition) is 0. The highest BCUT2D eigenvalue weighted by Gasteiger charge is 2.74. The molecule has 1 heterocycles. The van der Waals surface area contributed by atoms with Gasteiger partial charge in [-0.25, -0.2) is 9.79 Å². The van der Waals surface area contributed by atoms with Crippen molar-refractivity contribution in [3.05, 3.63) is 107 Å². The molecule has 3 aromatic carbocycles. The van der Waals surface area contributed by atoms with E-state index in [1.165, 1.54) is 0 Å². The smallest absolute Gasteiger partial charge is 0.342 e. The molecular formula is C23H16ClNO2. The van der Waals surface area contributed by atoms with Gasteiger partial charge in [0, 0.05) is 22.4 Å². The first-order valence-electron chi connectivity index (χ1n) is 8.88. The van der Waals surface area contributed by atoms with E-state index in [1.807, 2.05) is 84.9 Å². The highest BCUT2D eigenvalue weighted by Crippen LogP contribution is 2.68. The van der Waals surface area contributed by atoms with Crippen molar-refractivity contribution in [1.82, 2.24) is 0 Å². The van der Waals surface area contributed by atoms with Gasteiger partial charge in [-0.3, -0.25) is 0 Å². The lowest BCUT2D eigenvalue weighted by atomic mass is 10.0. The molecule has 3 atom stereocenters. The predicted octanol–water partition coefficient (Wildman–Crippen LogP) is 4.96. The van der Waals surface area contributed by atoms with Gasteiger partial charge in [-0.2, -0.15) is 0 Å². The van der Waals surface area contributed by atoms with Gasteiger partial charge < -0.3 is 4.74 Å². The maximum absolute atomic E-state index is 13.0. The van der Waals surface area contributed by atoms with Crippen LogP contribution in [0.25, 0.3) is 0 Å². The van der Waals surface area contributed by atoms with Gasteiger partial charge in [0.15, 0.2) is 5.54 Å². The summed E-state index contributed by atoms with van der Waals surface area (Å²) in [6.45, 7) is 0. The number of carbonyl (C=O) groups excluding carboxylic acids is 1. The highest BCUT2D eigenvalue weighted by molar-refractivity contribution is 6.30. The third kappa shape index (κ3) is 2.50. The molecule has 0 N–H and O–H groups in total. The third-order valence-corrected chi connectivity index (χ3v) is 5.64. The first kappa shape index (κ1) is 16.3. The first-order valence-corrected chi connectivity index (χ1v) is 9.26. The minimum absolute atomic E-state index is 0.0476. The van der Waals surface area contributed by atoms with Crippen molar-refractivity contribution < 1.29 is 9.53 Å². The maximum Gasteiger partial charge on any atom is 0.342 e. The second-order valence-electron chi connectivity index (χ2n) is 6.92. The normalized spacial score (nSPS) is 26.0. The Morgan fingerprint density at radius 2 is 1.33 bits per heavy atom. The van der Waals surface area contributed by atoms with Crippen LogP contribution in [0.4, 0.5) is 0 Å². The molecule has 5 rings (SSSR count). The average molecular weight is 374 g/mol. The number of benzene rings is 3. The lowest BCUT2D eigenvalue weighted by molar-refractivity contribution is -0.136. The van der Waals surface area contributed by atoms with Crippen molar-refractivity contribution in [2.24, 2.45) is 4.99 Å². The summed E-state index contributed by atoms with van der Waals surface area (Å²) in [6.07, 6.45) is 0. The number of carbonyl (C=O) groups is 1. The molecule has 2 aliphatic rings. The SMILES string of the molecule is O=C1OC(c2ccccc2)=N[C@]12[C@H](c1ccccc1)[C@H]2c1ccc(Cl)cc1. The summed E-state index contributed by atoms with van der Waals surface area (Å²) >= 11 is 6.05. The molecule has 0 unspecified atom stereocenters. The number of cyclic esters (lactones) is 1. The average Bonchev–Trinajstić information content (AvgIpc) is 3.26. The van der Waals surface area contributed by atoms with Gasteiger partial charge in [0.25, 0.3) is 0 Å². The van der Waals surface area contributed by atoms with Crippen molar-refractivity contribution in [3.63, 3.8) is 0 Å². The number of esters is 1. The van der Waals surface area contributed by atoms with Crippen LogP contribution in [0.15, 0.2) is 89.9 Å². The number of nitrogens with zero attached hydrogens (tertiary/aromatic N) is 1. The van der Waals surface area contributed by atoms with Crippen LogP contribution >= 0.6 is 11.6 Å². The van der Waals surface area contributed by atoms with Crippen LogP contribution < -0.4 is 0 Å². The lowest BCUT2D eigenvalue weighted by Crippen LogP contribution is -2.20.